The fourth-order valence-corrected chi connectivity index (χ4v) is 6.28. The van der Waals surface area contributed by atoms with Gasteiger partial charge in [-0.2, -0.15) is 0 Å². The Balaban J connectivity index is 1.57. The molecule has 1 aliphatic rings. The van der Waals surface area contributed by atoms with Crippen LogP contribution in [0.4, 0.5) is 5.69 Å². The number of hydrogen-bond acceptors (Lipinski definition) is 7. The number of rotatable bonds is 8. The third-order valence-electron chi connectivity index (χ3n) is 5.69. The average Bonchev–Trinajstić information content (AvgIpc) is 3.17. The number of allylic oxidation sites excluding steroid dienone is 1. The van der Waals surface area contributed by atoms with Gasteiger partial charge in [0, 0.05) is 23.2 Å². The van der Waals surface area contributed by atoms with E-state index in [9.17, 15) is 9.59 Å². The molecule has 2 heterocycles. The van der Waals surface area contributed by atoms with Crippen molar-refractivity contribution in [2.45, 2.75) is 37.9 Å². The highest BCUT2D eigenvalue weighted by Crippen LogP contribution is 2.36. The monoisotopic (exact) mass is 485 g/mol. The molecule has 7 nitrogen and oxygen atoms in total. The van der Waals surface area contributed by atoms with Crippen LogP contribution >= 0.6 is 23.1 Å². The van der Waals surface area contributed by atoms with Crippen LogP contribution in [0.25, 0.3) is 10.2 Å². The van der Waals surface area contributed by atoms with Gasteiger partial charge in [0.25, 0.3) is 5.56 Å². The predicted molar refractivity (Wildman–Crippen MR) is 134 cm³/mol. The van der Waals surface area contributed by atoms with Gasteiger partial charge in [0.15, 0.2) is 16.7 Å². The van der Waals surface area contributed by atoms with Gasteiger partial charge in [-0.15, -0.1) is 17.9 Å². The van der Waals surface area contributed by atoms with Crippen LogP contribution in [-0.4, -0.2) is 35.4 Å². The fraction of sp³-hybridized carbons (Fsp3) is 0.375. The zero-order valence-corrected chi connectivity index (χ0v) is 20.6. The summed E-state index contributed by atoms with van der Waals surface area (Å²) in [5.41, 5.74) is 1.71. The first-order valence-corrected chi connectivity index (χ1v) is 12.6. The molecule has 0 saturated heterocycles. The van der Waals surface area contributed by atoms with E-state index < -0.39 is 0 Å². The van der Waals surface area contributed by atoms with Crippen LogP contribution in [0, 0.1) is 5.92 Å². The van der Waals surface area contributed by atoms with Crippen LogP contribution in [0.3, 0.4) is 0 Å². The molecule has 9 heteroatoms. The Labute approximate surface area is 200 Å². The summed E-state index contributed by atoms with van der Waals surface area (Å²) in [7, 11) is 3.10. The van der Waals surface area contributed by atoms with Crippen molar-refractivity contribution < 1.29 is 14.3 Å². The number of anilines is 1. The van der Waals surface area contributed by atoms with E-state index in [4.69, 9.17) is 14.5 Å². The summed E-state index contributed by atoms with van der Waals surface area (Å²) in [6, 6.07) is 5.19. The SMILES string of the molecule is C=CCn1c(SCC(=O)Nc2ccc(OC)c(OC)c2)nc2sc3c(c2c1=O)CCC(C)C3. The number of thioether (sulfide) groups is 1. The number of aromatic nitrogens is 2. The van der Waals surface area contributed by atoms with Gasteiger partial charge in [0.1, 0.15) is 4.83 Å². The van der Waals surface area contributed by atoms with E-state index in [-0.39, 0.29) is 17.2 Å². The van der Waals surface area contributed by atoms with Crippen LogP contribution in [-0.2, 0) is 24.2 Å². The number of fused-ring (bicyclic) bond motifs is 3. The lowest BCUT2D eigenvalue weighted by Crippen LogP contribution is -2.24. The average molecular weight is 486 g/mol. The highest BCUT2D eigenvalue weighted by Gasteiger charge is 2.24. The molecule has 0 fully saturated rings. The van der Waals surface area contributed by atoms with Crippen LogP contribution in [0.5, 0.6) is 11.5 Å². The molecule has 0 spiro atoms. The number of carbonyl (C=O) groups is 1. The number of nitrogens with zero attached hydrogens (tertiary/aromatic N) is 2. The predicted octanol–water partition coefficient (Wildman–Crippen LogP) is 4.52. The maximum absolute atomic E-state index is 13.4. The Hall–Kier alpha value is -2.78. The maximum Gasteiger partial charge on any atom is 0.263 e. The summed E-state index contributed by atoms with van der Waals surface area (Å²) in [5, 5.41) is 4.13. The van der Waals surface area contributed by atoms with Gasteiger partial charge in [0.2, 0.25) is 5.91 Å². The van der Waals surface area contributed by atoms with E-state index >= 15 is 0 Å². The van der Waals surface area contributed by atoms with Crippen molar-refractivity contribution in [1.29, 1.82) is 0 Å². The molecule has 0 bridgehead atoms. The minimum Gasteiger partial charge on any atom is -0.493 e. The zero-order chi connectivity index (χ0) is 23.5. The topological polar surface area (TPSA) is 82.5 Å². The van der Waals surface area contributed by atoms with Crippen molar-refractivity contribution in [3.8, 4) is 11.5 Å². The van der Waals surface area contributed by atoms with Crippen LogP contribution in [0.1, 0.15) is 23.8 Å². The van der Waals surface area contributed by atoms with Crippen LogP contribution in [0.15, 0.2) is 40.8 Å². The van der Waals surface area contributed by atoms with E-state index in [1.807, 2.05) is 0 Å². The first-order valence-electron chi connectivity index (χ1n) is 10.8. The molecule has 1 aromatic carbocycles. The molecular formula is C24H27N3O4S2. The maximum atomic E-state index is 13.4. The van der Waals surface area contributed by atoms with Crippen molar-refractivity contribution >= 4 is 44.9 Å². The van der Waals surface area contributed by atoms with Gasteiger partial charge >= 0.3 is 0 Å². The highest BCUT2D eigenvalue weighted by molar-refractivity contribution is 7.99. The van der Waals surface area contributed by atoms with Gasteiger partial charge in [-0.3, -0.25) is 14.2 Å². The third-order valence-corrected chi connectivity index (χ3v) is 7.82. The Morgan fingerprint density at radius 3 is 2.88 bits per heavy atom. The molecule has 174 valence electrons. The Morgan fingerprint density at radius 1 is 1.36 bits per heavy atom. The number of aryl methyl sites for hydroxylation is 1. The number of nitrogens with one attached hydrogen (secondary N) is 1. The molecule has 1 aliphatic carbocycles. The number of benzene rings is 1. The standard InChI is InChI=1S/C24H27N3O4S2/c1-5-10-27-23(29)21-16-8-6-14(2)11-19(16)33-22(21)26-24(27)32-13-20(28)25-15-7-9-17(30-3)18(12-15)31-4/h5,7,9,12,14H,1,6,8,10-11,13H2,2-4H3,(H,25,28). The van der Waals surface area contributed by atoms with Crippen molar-refractivity contribution in [3.63, 3.8) is 0 Å². The summed E-state index contributed by atoms with van der Waals surface area (Å²) in [6.07, 6.45) is 4.69. The van der Waals surface area contributed by atoms with Gasteiger partial charge in [-0.1, -0.05) is 24.8 Å². The van der Waals surface area contributed by atoms with Gasteiger partial charge < -0.3 is 14.8 Å². The summed E-state index contributed by atoms with van der Waals surface area (Å²) in [4.78, 5) is 32.8. The fourth-order valence-electron chi connectivity index (χ4n) is 4.05. The van der Waals surface area contributed by atoms with E-state index in [2.05, 4.69) is 18.8 Å². The number of carbonyl (C=O) groups excluding carboxylic acids is 1. The molecule has 1 N–H and O–H groups in total. The summed E-state index contributed by atoms with van der Waals surface area (Å²) >= 11 is 2.86. The second-order valence-corrected chi connectivity index (χ2v) is 10.1. The van der Waals surface area contributed by atoms with Crippen molar-refractivity contribution in [2.24, 2.45) is 5.92 Å². The summed E-state index contributed by atoms with van der Waals surface area (Å²) in [6.45, 7) is 6.38. The zero-order valence-electron chi connectivity index (χ0n) is 19.0. The lowest BCUT2D eigenvalue weighted by molar-refractivity contribution is -0.113. The molecule has 33 heavy (non-hydrogen) atoms. The number of methoxy groups -OCH3 is 2. The molecule has 1 unspecified atom stereocenters. The third kappa shape index (κ3) is 4.79. The number of amides is 1. The minimum atomic E-state index is -0.203. The van der Waals surface area contributed by atoms with Crippen molar-refractivity contribution in [2.75, 3.05) is 25.3 Å². The second kappa shape index (κ2) is 10.0. The molecule has 2 aromatic heterocycles. The first kappa shape index (κ1) is 23.4. The number of ether oxygens (including phenoxy) is 2. The van der Waals surface area contributed by atoms with Gasteiger partial charge in [0.05, 0.1) is 25.4 Å². The van der Waals surface area contributed by atoms with Crippen molar-refractivity contribution in [3.05, 3.63) is 51.6 Å². The molecule has 0 radical (unpaired) electrons. The van der Waals surface area contributed by atoms with E-state index in [1.54, 1.807) is 54.4 Å². The molecule has 3 aromatic rings. The van der Waals surface area contributed by atoms with E-state index in [0.717, 1.165) is 35.0 Å². The molecule has 4 rings (SSSR count). The number of thiophene rings is 1. The van der Waals surface area contributed by atoms with Gasteiger partial charge in [-0.25, -0.2) is 4.98 Å². The second-order valence-electron chi connectivity index (χ2n) is 8.04. The largest absolute Gasteiger partial charge is 0.493 e. The smallest absolute Gasteiger partial charge is 0.263 e. The van der Waals surface area contributed by atoms with E-state index in [0.29, 0.717) is 34.8 Å². The molecule has 0 saturated carbocycles. The molecule has 0 aliphatic heterocycles. The van der Waals surface area contributed by atoms with Gasteiger partial charge in [-0.05, 0) is 42.9 Å². The summed E-state index contributed by atoms with van der Waals surface area (Å²) in [5.74, 6) is 1.65. The molecule has 1 atom stereocenters. The van der Waals surface area contributed by atoms with Crippen LogP contribution in [0.2, 0.25) is 0 Å². The lowest BCUT2D eigenvalue weighted by Gasteiger charge is -2.17. The number of hydrogen-bond donors (Lipinski definition) is 1. The minimum absolute atomic E-state index is 0.0465. The Kier molecular flexibility index (Phi) is 7.09. The van der Waals surface area contributed by atoms with Crippen LogP contribution < -0.4 is 20.3 Å². The normalized spacial score (nSPS) is 15.2. The molecular weight excluding hydrogens is 458 g/mol. The lowest BCUT2D eigenvalue weighted by atomic mass is 9.89. The first-order chi connectivity index (χ1) is 15.9. The van der Waals surface area contributed by atoms with Crippen molar-refractivity contribution in [1.82, 2.24) is 9.55 Å². The highest BCUT2D eigenvalue weighted by atomic mass is 32.2. The van der Waals surface area contributed by atoms with E-state index in [1.165, 1.54) is 16.6 Å². The molecule has 1 amide bonds. The Morgan fingerprint density at radius 2 is 2.15 bits per heavy atom. The summed E-state index contributed by atoms with van der Waals surface area (Å²) < 4.78 is 12.1. The quantitative estimate of drug-likeness (QED) is 0.287. The Bertz CT molecular complexity index is 1260.